The van der Waals surface area contributed by atoms with Crippen LogP contribution in [0.4, 0.5) is 17.1 Å². The van der Waals surface area contributed by atoms with Crippen LogP contribution in [0.2, 0.25) is 0 Å². The fourth-order valence-corrected chi connectivity index (χ4v) is 2.67. The predicted molar refractivity (Wildman–Crippen MR) is 91.0 cm³/mol. The number of hydrogen-bond donors (Lipinski definition) is 1. The molecule has 0 aliphatic rings. The molecular formula is C16H15N3O4S. The fourth-order valence-electron chi connectivity index (χ4n) is 2.06. The molecule has 0 heterocycles. The highest BCUT2D eigenvalue weighted by atomic mass is 32.2. The second kappa shape index (κ2) is 7.10. The molecule has 0 radical (unpaired) electrons. The Kier molecular flexibility index (Phi) is 5.16. The quantitative estimate of drug-likeness (QED) is 0.636. The highest BCUT2D eigenvalue weighted by Crippen LogP contribution is 2.25. The summed E-state index contributed by atoms with van der Waals surface area (Å²) in [5, 5.41) is 22.9. The SMILES string of the molecule is CS(=O)(=O)CCc1ccc(Nc2ccc([N+](=O)[O-])cc2C#N)cc1. The minimum Gasteiger partial charge on any atom is -0.354 e. The maximum absolute atomic E-state index is 11.2. The van der Waals surface area contributed by atoms with E-state index in [1.807, 2.05) is 6.07 Å². The number of aryl methyl sites for hydroxylation is 1. The van der Waals surface area contributed by atoms with Crippen LogP contribution >= 0.6 is 0 Å². The van der Waals surface area contributed by atoms with Gasteiger partial charge in [0.15, 0.2) is 0 Å². The van der Waals surface area contributed by atoms with Gasteiger partial charge in [0.25, 0.3) is 5.69 Å². The van der Waals surface area contributed by atoms with Gasteiger partial charge in [-0.05, 0) is 30.2 Å². The van der Waals surface area contributed by atoms with Crippen molar-refractivity contribution in [3.05, 3.63) is 63.7 Å². The predicted octanol–water partition coefficient (Wildman–Crippen LogP) is 2.80. The Morgan fingerprint density at radius 2 is 1.88 bits per heavy atom. The molecule has 8 heteroatoms. The van der Waals surface area contributed by atoms with E-state index in [1.165, 1.54) is 24.5 Å². The Labute approximate surface area is 139 Å². The first kappa shape index (κ1) is 17.4. The van der Waals surface area contributed by atoms with Gasteiger partial charge in [-0.3, -0.25) is 10.1 Å². The molecule has 0 bridgehead atoms. The van der Waals surface area contributed by atoms with Crippen molar-refractivity contribution in [2.45, 2.75) is 6.42 Å². The number of nitrogens with zero attached hydrogens (tertiary/aromatic N) is 2. The molecule has 0 saturated carbocycles. The van der Waals surface area contributed by atoms with E-state index in [0.717, 1.165) is 5.56 Å². The number of non-ortho nitro benzene ring substituents is 1. The topological polar surface area (TPSA) is 113 Å². The molecule has 0 aliphatic heterocycles. The molecule has 124 valence electrons. The average molecular weight is 345 g/mol. The van der Waals surface area contributed by atoms with Crippen LogP contribution in [0, 0.1) is 21.4 Å². The smallest absolute Gasteiger partial charge is 0.270 e. The standard InChI is InChI=1S/C16H15N3O4S/c1-24(22,23)9-8-12-2-4-14(5-3-12)18-16-7-6-15(19(20)21)10-13(16)11-17/h2-7,10,18H,8-9H2,1H3. The maximum Gasteiger partial charge on any atom is 0.270 e. The Morgan fingerprint density at radius 1 is 1.21 bits per heavy atom. The van der Waals surface area contributed by atoms with Crippen LogP contribution in [0.3, 0.4) is 0 Å². The summed E-state index contributed by atoms with van der Waals surface area (Å²) < 4.78 is 22.3. The Balaban J connectivity index is 2.14. The zero-order chi connectivity index (χ0) is 17.7. The third kappa shape index (κ3) is 4.79. The summed E-state index contributed by atoms with van der Waals surface area (Å²) in [5.74, 6) is 0.0840. The number of anilines is 2. The van der Waals surface area contributed by atoms with E-state index < -0.39 is 14.8 Å². The monoisotopic (exact) mass is 345 g/mol. The lowest BCUT2D eigenvalue weighted by atomic mass is 10.1. The fraction of sp³-hybridized carbons (Fsp3) is 0.188. The average Bonchev–Trinajstić information content (AvgIpc) is 2.53. The molecule has 0 aliphatic carbocycles. The van der Waals surface area contributed by atoms with Crippen molar-refractivity contribution in [3.63, 3.8) is 0 Å². The van der Waals surface area contributed by atoms with Crippen molar-refractivity contribution in [2.75, 3.05) is 17.3 Å². The highest BCUT2D eigenvalue weighted by Gasteiger charge is 2.11. The number of sulfone groups is 1. The van der Waals surface area contributed by atoms with Gasteiger partial charge in [0.2, 0.25) is 0 Å². The van der Waals surface area contributed by atoms with E-state index in [4.69, 9.17) is 5.26 Å². The van der Waals surface area contributed by atoms with Gasteiger partial charge < -0.3 is 5.32 Å². The lowest BCUT2D eigenvalue weighted by Gasteiger charge is -2.09. The van der Waals surface area contributed by atoms with Crippen molar-refractivity contribution >= 4 is 26.9 Å². The summed E-state index contributed by atoms with van der Waals surface area (Å²) in [6.45, 7) is 0. The molecule has 0 aromatic heterocycles. The van der Waals surface area contributed by atoms with E-state index in [1.54, 1.807) is 24.3 Å². The molecule has 0 saturated heterocycles. The molecule has 2 rings (SSSR count). The van der Waals surface area contributed by atoms with Gasteiger partial charge in [-0.15, -0.1) is 0 Å². The van der Waals surface area contributed by atoms with Gasteiger partial charge >= 0.3 is 0 Å². The number of nitro benzene ring substituents is 1. The van der Waals surface area contributed by atoms with Crippen molar-refractivity contribution in [2.24, 2.45) is 0 Å². The summed E-state index contributed by atoms with van der Waals surface area (Å²) in [4.78, 5) is 10.2. The van der Waals surface area contributed by atoms with Gasteiger partial charge in [-0.25, -0.2) is 8.42 Å². The molecule has 2 aromatic carbocycles. The minimum absolute atomic E-state index is 0.0840. The number of benzene rings is 2. The van der Waals surface area contributed by atoms with Gasteiger partial charge in [0, 0.05) is 24.1 Å². The highest BCUT2D eigenvalue weighted by molar-refractivity contribution is 7.90. The number of rotatable bonds is 6. The maximum atomic E-state index is 11.2. The van der Waals surface area contributed by atoms with Gasteiger partial charge in [0.05, 0.1) is 21.9 Å². The van der Waals surface area contributed by atoms with Crippen molar-refractivity contribution < 1.29 is 13.3 Å². The first-order chi connectivity index (χ1) is 11.3. The summed E-state index contributed by atoms with van der Waals surface area (Å²) in [7, 11) is -3.01. The van der Waals surface area contributed by atoms with E-state index in [-0.39, 0.29) is 17.0 Å². The Hall–Kier alpha value is -2.92. The van der Waals surface area contributed by atoms with Crippen LogP contribution in [0.25, 0.3) is 0 Å². The molecule has 24 heavy (non-hydrogen) atoms. The van der Waals surface area contributed by atoms with E-state index in [9.17, 15) is 18.5 Å². The number of nitriles is 1. The molecule has 7 nitrogen and oxygen atoms in total. The largest absolute Gasteiger partial charge is 0.354 e. The van der Waals surface area contributed by atoms with Crippen LogP contribution in [-0.4, -0.2) is 25.3 Å². The van der Waals surface area contributed by atoms with Crippen molar-refractivity contribution in [3.8, 4) is 6.07 Å². The van der Waals surface area contributed by atoms with E-state index in [2.05, 4.69) is 5.32 Å². The van der Waals surface area contributed by atoms with Crippen molar-refractivity contribution in [1.82, 2.24) is 0 Å². The lowest BCUT2D eigenvalue weighted by Crippen LogP contribution is -2.05. The summed E-state index contributed by atoms with van der Waals surface area (Å²) in [5.41, 5.74) is 2.07. The molecule has 0 fully saturated rings. The normalized spacial score (nSPS) is 10.8. The molecule has 0 atom stereocenters. The minimum atomic E-state index is -3.01. The van der Waals surface area contributed by atoms with Gasteiger partial charge in [-0.1, -0.05) is 12.1 Å². The first-order valence-electron chi connectivity index (χ1n) is 7.01. The Bertz CT molecular complexity index is 900. The second-order valence-corrected chi connectivity index (χ2v) is 7.56. The molecular weight excluding hydrogens is 330 g/mol. The molecule has 0 spiro atoms. The van der Waals surface area contributed by atoms with E-state index in [0.29, 0.717) is 17.8 Å². The molecule has 1 N–H and O–H groups in total. The zero-order valence-electron chi connectivity index (χ0n) is 12.9. The second-order valence-electron chi connectivity index (χ2n) is 5.30. The summed E-state index contributed by atoms with van der Waals surface area (Å²) >= 11 is 0. The molecule has 0 unspecified atom stereocenters. The zero-order valence-corrected chi connectivity index (χ0v) is 13.7. The van der Waals surface area contributed by atoms with Gasteiger partial charge in [0.1, 0.15) is 15.9 Å². The first-order valence-corrected chi connectivity index (χ1v) is 9.07. The van der Waals surface area contributed by atoms with Crippen LogP contribution in [0.1, 0.15) is 11.1 Å². The van der Waals surface area contributed by atoms with Crippen LogP contribution in [-0.2, 0) is 16.3 Å². The molecule has 0 amide bonds. The number of hydrogen-bond acceptors (Lipinski definition) is 6. The summed E-state index contributed by atoms with van der Waals surface area (Å²) in [6.07, 6.45) is 1.63. The third-order valence-corrected chi connectivity index (χ3v) is 4.27. The molecule has 2 aromatic rings. The van der Waals surface area contributed by atoms with Crippen LogP contribution < -0.4 is 5.32 Å². The van der Waals surface area contributed by atoms with E-state index >= 15 is 0 Å². The third-order valence-electron chi connectivity index (χ3n) is 3.33. The van der Waals surface area contributed by atoms with Crippen LogP contribution in [0.15, 0.2) is 42.5 Å². The van der Waals surface area contributed by atoms with Crippen molar-refractivity contribution in [1.29, 1.82) is 5.26 Å². The summed E-state index contributed by atoms with van der Waals surface area (Å²) in [6, 6.07) is 13.1. The lowest BCUT2D eigenvalue weighted by molar-refractivity contribution is -0.384. The Morgan fingerprint density at radius 3 is 2.42 bits per heavy atom. The number of nitro groups is 1. The van der Waals surface area contributed by atoms with Crippen LogP contribution in [0.5, 0.6) is 0 Å². The van der Waals surface area contributed by atoms with Gasteiger partial charge in [-0.2, -0.15) is 5.26 Å². The number of nitrogens with one attached hydrogen (secondary N) is 1.